The second-order valence-electron chi connectivity index (χ2n) is 4.63. The average Bonchev–Trinajstić information content (AvgIpc) is 3.07. The minimum Gasteiger partial charge on any atom is -0.350 e. The van der Waals surface area contributed by atoms with Crippen LogP contribution in [0.1, 0.15) is 12.1 Å². The van der Waals surface area contributed by atoms with Crippen LogP contribution in [0.25, 0.3) is 5.65 Å². The van der Waals surface area contributed by atoms with Crippen LogP contribution in [-0.2, 0) is 7.05 Å². The maximum absolute atomic E-state index is 5.45. The Morgan fingerprint density at radius 1 is 1.25 bits per heavy atom. The van der Waals surface area contributed by atoms with Crippen molar-refractivity contribution < 1.29 is 0 Å². The van der Waals surface area contributed by atoms with Crippen LogP contribution in [0.2, 0.25) is 0 Å². The number of nitrogens with two attached hydrogens (primary N) is 1. The molecule has 0 saturated heterocycles. The maximum Gasteiger partial charge on any atom is 0.161 e. The SMILES string of the molecule is Cl.Cl.Cl.Cn1cc(Nc2cccn3c(C#CCCN)cnc23)cn1. The lowest BCUT2D eigenvalue weighted by Crippen LogP contribution is -1.96. The summed E-state index contributed by atoms with van der Waals surface area (Å²) in [6, 6.07) is 3.94. The number of aromatic nitrogens is 4. The quantitative estimate of drug-likeness (QED) is 0.676. The van der Waals surface area contributed by atoms with Gasteiger partial charge in [-0.3, -0.25) is 9.08 Å². The van der Waals surface area contributed by atoms with Crippen molar-refractivity contribution in [2.45, 2.75) is 6.42 Å². The van der Waals surface area contributed by atoms with Crippen molar-refractivity contribution in [1.29, 1.82) is 0 Å². The molecule has 3 heterocycles. The predicted molar refractivity (Wildman–Crippen MR) is 104 cm³/mol. The van der Waals surface area contributed by atoms with Gasteiger partial charge in [-0.2, -0.15) is 5.10 Å². The van der Waals surface area contributed by atoms with Gasteiger partial charge in [-0.1, -0.05) is 5.92 Å². The third-order valence-corrected chi connectivity index (χ3v) is 3.01. The molecular formula is C15H19Cl3N6. The number of hydrogen-bond donors (Lipinski definition) is 2. The molecule has 0 atom stereocenters. The molecule has 0 aromatic carbocycles. The summed E-state index contributed by atoms with van der Waals surface area (Å²) < 4.78 is 3.71. The standard InChI is InChI=1S/C15H16N6.3ClH/c1-20-11-12(9-18-20)19-14-6-4-8-21-13(5-2-3-7-16)10-17-15(14)21;;;/h4,6,8-11,19H,3,7,16H2,1H3;3*1H. The van der Waals surface area contributed by atoms with Gasteiger partial charge in [0.05, 0.1) is 23.8 Å². The first-order valence-electron chi connectivity index (χ1n) is 6.68. The van der Waals surface area contributed by atoms with Gasteiger partial charge in [-0.05, 0) is 18.1 Å². The van der Waals surface area contributed by atoms with Gasteiger partial charge in [0.1, 0.15) is 5.69 Å². The maximum atomic E-state index is 5.45. The number of nitrogens with zero attached hydrogens (tertiary/aromatic N) is 4. The molecule has 0 bridgehead atoms. The lowest BCUT2D eigenvalue weighted by Gasteiger charge is -2.05. The van der Waals surface area contributed by atoms with Gasteiger partial charge in [0.15, 0.2) is 5.65 Å². The lowest BCUT2D eigenvalue weighted by atomic mass is 10.3. The van der Waals surface area contributed by atoms with Crippen molar-refractivity contribution in [3.63, 3.8) is 0 Å². The Balaban J connectivity index is 0.00000176. The fourth-order valence-electron chi connectivity index (χ4n) is 2.07. The summed E-state index contributed by atoms with van der Waals surface area (Å²) in [5.41, 5.74) is 8.97. The highest BCUT2D eigenvalue weighted by Crippen LogP contribution is 2.21. The van der Waals surface area contributed by atoms with Crippen LogP contribution in [-0.4, -0.2) is 25.7 Å². The van der Waals surface area contributed by atoms with Gasteiger partial charge < -0.3 is 11.1 Å². The molecule has 0 aliphatic carbocycles. The van der Waals surface area contributed by atoms with E-state index in [0.717, 1.165) is 22.7 Å². The molecule has 0 spiro atoms. The number of halogens is 3. The van der Waals surface area contributed by atoms with Crippen LogP contribution < -0.4 is 11.1 Å². The monoisotopic (exact) mass is 388 g/mol. The van der Waals surface area contributed by atoms with Crippen molar-refractivity contribution in [3.05, 3.63) is 42.6 Å². The molecule has 3 rings (SSSR count). The summed E-state index contributed by atoms with van der Waals surface area (Å²) in [6.07, 6.45) is 8.08. The van der Waals surface area contributed by atoms with E-state index in [1.54, 1.807) is 17.1 Å². The summed E-state index contributed by atoms with van der Waals surface area (Å²) in [5.74, 6) is 6.12. The highest BCUT2D eigenvalue weighted by Gasteiger charge is 2.06. The average molecular weight is 390 g/mol. The van der Waals surface area contributed by atoms with Gasteiger partial charge in [0.2, 0.25) is 0 Å². The minimum absolute atomic E-state index is 0. The van der Waals surface area contributed by atoms with Gasteiger partial charge in [-0.15, -0.1) is 37.2 Å². The van der Waals surface area contributed by atoms with E-state index in [4.69, 9.17) is 5.73 Å². The summed E-state index contributed by atoms with van der Waals surface area (Å²) in [7, 11) is 1.88. The zero-order valence-electron chi connectivity index (χ0n) is 13.0. The number of anilines is 2. The molecule has 9 heteroatoms. The van der Waals surface area contributed by atoms with Crippen molar-refractivity contribution >= 4 is 54.2 Å². The predicted octanol–water partition coefficient (Wildman–Crippen LogP) is 2.78. The van der Waals surface area contributed by atoms with Crippen molar-refractivity contribution in [3.8, 4) is 11.8 Å². The van der Waals surface area contributed by atoms with Crippen LogP contribution in [0.15, 0.2) is 36.9 Å². The molecule has 0 saturated carbocycles. The number of nitrogens with one attached hydrogen (secondary N) is 1. The van der Waals surface area contributed by atoms with Crippen LogP contribution in [0.3, 0.4) is 0 Å². The molecular weight excluding hydrogens is 371 g/mol. The summed E-state index contributed by atoms with van der Waals surface area (Å²) >= 11 is 0. The van der Waals surface area contributed by atoms with Crippen LogP contribution in [0, 0.1) is 11.8 Å². The second kappa shape index (κ2) is 10.1. The van der Waals surface area contributed by atoms with E-state index in [0.29, 0.717) is 13.0 Å². The first-order valence-corrected chi connectivity index (χ1v) is 6.68. The zero-order valence-corrected chi connectivity index (χ0v) is 15.4. The Morgan fingerprint density at radius 3 is 2.71 bits per heavy atom. The fraction of sp³-hybridized carbons (Fsp3) is 0.200. The Hall–Kier alpha value is -1.91. The lowest BCUT2D eigenvalue weighted by molar-refractivity contribution is 0.768. The van der Waals surface area contributed by atoms with Crippen LogP contribution in [0.4, 0.5) is 11.4 Å². The molecule has 0 aliphatic rings. The molecule has 3 aromatic rings. The van der Waals surface area contributed by atoms with Crippen molar-refractivity contribution in [2.75, 3.05) is 11.9 Å². The number of hydrogen-bond acceptors (Lipinski definition) is 4. The summed E-state index contributed by atoms with van der Waals surface area (Å²) in [4.78, 5) is 4.44. The number of fused-ring (bicyclic) bond motifs is 1. The first kappa shape index (κ1) is 22.1. The molecule has 6 nitrogen and oxygen atoms in total. The van der Waals surface area contributed by atoms with Crippen LogP contribution >= 0.6 is 37.2 Å². The Bertz CT molecular complexity index is 830. The summed E-state index contributed by atoms with van der Waals surface area (Å²) in [5, 5.41) is 7.45. The Kier molecular flexibility index (Phi) is 9.26. The number of imidazole rings is 1. The van der Waals surface area contributed by atoms with E-state index in [1.165, 1.54) is 0 Å². The summed E-state index contributed by atoms with van der Waals surface area (Å²) in [6.45, 7) is 0.567. The Labute approximate surface area is 159 Å². The minimum atomic E-state index is 0. The molecule has 0 fully saturated rings. The van der Waals surface area contributed by atoms with Gasteiger partial charge in [-0.25, -0.2) is 4.98 Å². The third-order valence-electron chi connectivity index (χ3n) is 3.01. The fourth-order valence-corrected chi connectivity index (χ4v) is 2.07. The largest absolute Gasteiger partial charge is 0.350 e. The third kappa shape index (κ3) is 4.79. The molecule has 0 unspecified atom stereocenters. The van der Waals surface area contributed by atoms with E-state index in [1.807, 2.05) is 36.0 Å². The highest BCUT2D eigenvalue weighted by molar-refractivity contribution is 5.86. The molecule has 0 aliphatic heterocycles. The molecule has 3 N–H and O–H groups in total. The number of rotatable bonds is 3. The first-order chi connectivity index (χ1) is 10.3. The van der Waals surface area contributed by atoms with E-state index >= 15 is 0 Å². The van der Waals surface area contributed by atoms with E-state index in [9.17, 15) is 0 Å². The topological polar surface area (TPSA) is 73.2 Å². The molecule has 3 aromatic heterocycles. The van der Waals surface area contributed by atoms with E-state index in [2.05, 4.69) is 27.2 Å². The molecule has 24 heavy (non-hydrogen) atoms. The number of pyridine rings is 1. The van der Waals surface area contributed by atoms with Gasteiger partial charge >= 0.3 is 0 Å². The highest BCUT2D eigenvalue weighted by atomic mass is 35.5. The van der Waals surface area contributed by atoms with Crippen LogP contribution in [0.5, 0.6) is 0 Å². The van der Waals surface area contributed by atoms with Gasteiger partial charge in [0.25, 0.3) is 0 Å². The second-order valence-corrected chi connectivity index (χ2v) is 4.63. The van der Waals surface area contributed by atoms with Crippen molar-refractivity contribution in [2.24, 2.45) is 12.8 Å². The number of aryl methyl sites for hydroxylation is 1. The van der Waals surface area contributed by atoms with E-state index < -0.39 is 0 Å². The smallest absolute Gasteiger partial charge is 0.161 e. The van der Waals surface area contributed by atoms with E-state index in [-0.39, 0.29) is 37.2 Å². The molecule has 0 radical (unpaired) electrons. The zero-order chi connectivity index (χ0) is 14.7. The molecule has 130 valence electrons. The van der Waals surface area contributed by atoms with Crippen molar-refractivity contribution in [1.82, 2.24) is 19.2 Å². The Morgan fingerprint density at radius 2 is 2.04 bits per heavy atom. The molecule has 0 amide bonds. The normalized spacial score (nSPS) is 9.08. The van der Waals surface area contributed by atoms with Gasteiger partial charge in [0, 0.05) is 32.4 Å².